The molecule has 26 heavy (non-hydrogen) atoms. The van der Waals surface area contributed by atoms with Crippen LogP contribution in [0.25, 0.3) is 0 Å². The van der Waals surface area contributed by atoms with Gasteiger partial charge in [0.1, 0.15) is 11.6 Å². The molecule has 3 atom stereocenters. The third-order valence-corrected chi connectivity index (χ3v) is 6.87. The van der Waals surface area contributed by atoms with Gasteiger partial charge in [-0.05, 0) is 31.2 Å². The van der Waals surface area contributed by atoms with Gasteiger partial charge in [0, 0.05) is 18.9 Å². The molecular weight excluding hydrogens is 322 g/mol. The zero-order chi connectivity index (χ0) is 17.6. The summed E-state index contributed by atoms with van der Waals surface area (Å²) in [6.07, 6.45) is 14.3. The predicted molar refractivity (Wildman–Crippen MR) is 102 cm³/mol. The van der Waals surface area contributed by atoms with Crippen molar-refractivity contribution in [3.63, 3.8) is 0 Å². The lowest BCUT2D eigenvalue weighted by Crippen LogP contribution is -2.65. The smallest absolute Gasteiger partial charge is 0.326 e. The number of hydrogen-bond acceptors (Lipinski definition) is 3. The number of fused-ring (bicyclic) bond motifs is 4. The Bertz CT molecular complexity index is 745. The van der Waals surface area contributed by atoms with Gasteiger partial charge in [-0.15, -0.1) is 0 Å². The molecule has 0 unspecified atom stereocenters. The number of carbonyl (C=O) groups is 1. The van der Waals surface area contributed by atoms with Crippen LogP contribution in [-0.2, 0) is 16.0 Å². The highest BCUT2D eigenvalue weighted by Crippen LogP contribution is 2.49. The van der Waals surface area contributed by atoms with Crippen LogP contribution in [0.3, 0.4) is 0 Å². The summed E-state index contributed by atoms with van der Waals surface area (Å²) in [5.41, 5.74) is 2.40. The molecule has 0 amide bonds. The predicted octanol–water partition coefficient (Wildman–Crippen LogP) is 4.04. The Morgan fingerprint density at radius 2 is 1.92 bits per heavy atom. The first kappa shape index (κ1) is 16.3. The van der Waals surface area contributed by atoms with Gasteiger partial charge in [0.2, 0.25) is 0 Å². The van der Waals surface area contributed by atoms with Crippen molar-refractivity contribution in [1.29, 1.82) is 0 Å². The number of nitrogens with zero attached hydrogens (tertiary/aromatic N) is 1. The van der Waals surface area contributed by atoms with E-state index in [1.807, 2.05) is 6.07 Å². The molecule has 136 valence electrons. The minimum Gasteiger partial charge on any atom is -0.459 e. The lowest BCUT2D eigenvalue weighted by molar-refractivity contribution is -0.185. The van der Waals surface area contributed by atoms with Gasteiger partial charge in [-0.25, -0.2) is 0 Å². The number of rotatable bonds is 2. The van der Waals surface area contributed by atoms with Crippen LogP contribution >= 0.6 is 0 Å². The Hall–Kier alpha value is -1.87. The second-order valence-corrected chi connectivity index (χ2v) is 8.30. The lowest BCUT2D eigenvalue weighted by Gasteiger charge is -2.48. The van der Waals surface area contributed by atoms with Gasteiger partial charge in [-0.3, -0.25) is 9.69 Å². The highest BCUT2D eigenvalue weighted by atomic mass is 16.6. The Labute approximate surface area is 155 Å². The number of cyclic esters (lactones) is 1. The van der Waals surface area contributed by atoms with E-state index in [-0.39, 0.29) is 23.7 Å². The van der Waals surface area contributed by atoms with Crippen molar-refractivity contribution in [3.8, 4) is 0 Å². The minimum absolute atomic E-state index is 0.0354. The average Bonchev–Trinajstić information content (AvgIpc) is 3.22. The average molecular weight is 349 g/mol. The van der Waals surface area contributed by atoms with E-state index in [0.717, 1.165) is 51.5 Å². The van der Waals surface area contributed by atoms with Crippen LogP contribution in [0.5, 0.6) is 0 Å². The van der Waals surface area contributed by atoms with Crippen LogP contribution in [0.4, 0.5) is 0 Å². The van der Waals surface area contributed by atoms with E-state index in [2.05, 4.69) is 47.4 Å². The summed E-state index contributed by atoms with van der Waals surface area (Å²) < 4.78 is 6.19. The summed E-state index contributed by atoms with van der Waals surface area (Å²) in [6, 6.07) is 10.8. The van der Waals surface area contributed by atoms with Gasteiger partial charge in [0.15, 0.2) is 0 Å². The molecule has 0 radical (unpaired) electrons. The van der Waals surface area contributed by atoms with E-state index in [0.29, 0.717) is 5.92 Å². The molecule has 2 heterocycles. The number of esters is 1. The standard InChI is InChI=1S/C23H27NO2/c25-22-23(13-7-8-14-23)24-16-18-11-5-2-6-12-19(18)21(24)20(26-22)15-17-9-3-1-4-10-17/h1,3-4,6,9-12,19-21H,2,5,7-8,13-16H2/t19-,20+,21-/m1/s1. The topological polar surface area (TPSA) is 29.5 Å². The van der Waals surface area contributed by atoms with Crippen LogP contribution in [-0.4, -0.2) is 35.1 Å². The quantitative estimate of drug-likeness (QED) is 0.596. The second kappa shape index (κ2) is 6.38. The molecule has 0 N–H and O–H groups in total. The summed E-state index contributed by atoms with van der Waals surface area (Å²) in [5, 5.41) is 0. The molecule has 0 bridgehead atoms. The monoisotopic (exact) mass is 349 g/mol. The number of carbonyl (C=O) groups excluding carboxylic acids is 1. The van der Waals surface area contributed by atoms with Crippen LogP contribution in [0, 0.1) is 5.92 Å². The van der Waals surface area contributed by atoms with Gasteiger partial charge in [-0.1, -0.05) is 67.0 Å². The number of hydrogen-bond donors (Lipinski definition) is 0. The SMILES string of the molecule is O=C1O[C@@H](Cc2ccccc2)[C@H]2[C@@H]3C=CCCC=C3CN2C12CCCC2. The molecule has 0 aromatic heterocycles. The van der Waals surface area contributed by atoms with Crippen molar-refractivity contribution in [1.82, 2.24) is 4.90 Å². The van der Waals surface area contributed by atoms with Crippen LogP contribution in [0.15, 0.2) is 54.1 Å². The molecule has 2 saturated heterocycles. The Morgan fingerprint density at radius 1 is 1.12 bits per heavy atom. The molecule has 1 aromatic rings. The first-order chi connectivity index (χ1) is 12.8. The molecular formula is C23H27NO2. The van der Waals surface area contributed by atoms with Gasteiger partial charge in [0.05, 0.1) is 6.04 Å². The second-order valence-electron chi connectivity index (χ2n) is 8.30. The summed E-state index contributed by atoms with van der Waals surface area (Å²) in [7, 11) is 0. The van der Waals surface area contributed by atoms with Crippen molar-refractivity contribution in [2.75, 3.05) is 6.54 Å². The van der Waals surface area contributed by atoms with Crippen molar-refractivity contribution >= 4 is 5.97 Å². The first-order valence-electron chi connectivity index (χ1n) is 10.2. The maximum Gasteiger partial charge on any atom is 0.326 e. The molecule has 3 nitrogen and oxygen atoms in total. The largest absolute Gasteiger partial charge is 0.459 e. The van der Waals surface area contributed by atoms with E-state index in [1.54, 1.807) is 0 Å². The van der Waals surface area contributed by atoms with Gasteiger partial charge in [-0.2, -0.15) is 0 Å². The van der Waals surface area contributed by atoms with E-state index in [4.69, 9.17) is 4.74 Å². The number of allylic oxidation sites excluding steroid dienone is 2. The molecule has 1 spiro atoms. The molecule has 1 saturated carbocycles. The molecule has 2 aliphatic heterocycles. The number of benzene rings is 1. The van der Waals surface area contributed by atoms with E-state index in [1.165, 1.54) is 11.1 Å². The normalized spacial score (nSPS) is 32.7. The Kier molecular flexibility index (Phi) is 4.00. The summed E-state index contributed by atoms with van der Waals surface area (Å²) in [4.78, 5) is 15.7. The van der Waals surface area contributed by atoms with Crippen molar-refractivity contribution in [3.05, 3.63) is 59.7 Å². The van der Waals surface area contributed by atoms with Gasteiger partial charge >= 0.3 is 5.97 Å². The maximum absolute atomic E-state index is 13.1. The van der Waals surface area contributed by atoms with Gasteiger partial charge in [0.25, 0.3) is 0 Å². The van der Waals surface area contributed by atoms with Crippen molar-refractivity contribution < 1.29 is 9.53 Å². The lowest BCUT2D eigenvalue weighted by atomic mass is 9.84. The van der Waals surface area contributed by atoms with Crippen LogP contribution < -0.4 is 0 Å². The summed E-state index contributed by atoms with van der Waals surface area (Å²) >= 11 is 0. The highest BCUT2D eigenvalue weighted by molar-refractivity contribution is 5.83. The molecule has 2 aliphatic carbocycles. The van der Waals surface area contributed by atoms with Crippen molar-refractivity contribution in [2.24, 2.45) is 5.92 Å². The van der Waals surface area contributed by atoms with E-state index in [9.17, 15) is 4.79 Å². The molecule has 1 aromatic carbocycles. The molecule has 3 heteroatoms. The molecule has 5 rings (SSSR count). The van der Waals surface area contributed by atoms with Crippen LogP contribution in [0.1, 0.15) is 44.1 Å². The van der Waals surface area contributed by atoms with Crippen LogP contribution in [0.2, 0.25) is 0 Å². The third kappa shape index (κ3) is 2.48. The highest BCUT2D eigenvalue weighted by Gasteiger charge is 2.60. The maximum atomic E-state index is 13.1. The fourth-order valence-corrected chi connectivity index (χ4v) is 5.63. The third-order valence-electron chi connectivity index (χ3n) is 6.87. The summed E-state index contributed by atoms with van der Waals surface area (Å²) in [6.45, 7) is 0.945. The van der Waals surface area contributed by atoms with E-state index >= 15 is 0 Å². The van der Waals surface area contributed by atoms with Crippen molar-refractivity contribution in [2.45, 2.75) is 62.6 Å². The Morgan fingerprint density at radius 3 is 2.73 bits per heavy atom. The first-order valence-corrected chi connectivity index (χ1v) is 10.2. The fourth-order valence-electron chi connectivity index (χ4n) is 5.63. The van der Waals surface area contributed by atoms with E-state index < -0.39 is 0 Å². The number of morpholine rings is 1. The molecule has 3 fully saturated rings. The molecule has 4 aliphatic rings. The minimum atomic E-state index is -0.362. The number of ether oxygens (including phenoxy) is 1. The summed E-state index contributed by atoms with van der Waals surface area (Å²) in [5.74, 6) is 0.435. The van der Waals surface area contributed by atoms with Gasteiger partial charge < -0.3 is 4.74 Å². The Balaban J connectivity index is 1.53. The zero-order valence-electron chi connectivity index (χ0n) is 15.3. The zero-order valence-corrected chi connectivity index (χ0v) is 15.3. The fraction of sp³-hybridized carbons (Fsp3) is 0.522.